The van der Waals surface area contributed by atoms with Crippen LogP contribution in [0.25, 0.3) is 0 Å². The molecule has 0 spiro atoms. The fraction of sp³-hybridized carbons (Fsp3) is 0.529. The average Bonchev–Trinajstić information content (AvgIpc) is 2.40. The molecule has 1 aliphatic carbocycles. The Labute approximate surface area is 113 Å². The van der Waals surface area contributed by atoms with Crippen molar-refractivity contribution < 1.29 is 0 Å². The topological polar surface area (TPSA) is 3.24 Å². The number of benzene rings is 1. The Morgan fingerprint density at radius 3 is 1.56 bits per heavy atom. The van der Waals surface area contributed by atoms with Gasteiger partial charge in [-0.15, -0.1) is 0 Å². The van der Waals surface area contributed by atoms with Crippen LogP contribution in [0, 0.1) is 0 Å². The summed E-state index contributed by atoms with van der Waals surface area (Å²) in [5.41, 5.74) is 6.13. The summed E-state index contributed by atoms with van der Waals surface area (Å²) in [7, 11) is 2.11. The van der Waals surface area contributed by atoms with E-state index in [4.69, 9.17) is 0 Å². The largest absolute Gasteiger partial charge is 0.307 e. The number of hydrogen-bond donors (Lipinski definition) is 0. The molecule has 18 heavy (non-hydrogen) atoms. The van der Waals surface area contributed by atoms with Gasteiger partial charge in [-0.2, -0.15) is 0 Å². The number of allylic oxidation sites excluding steroid dienone is 2. The Bertz CT molecular complexity index is 367. The summed E-state index contributed by atoms with van der Waals surface area (Å²) in [6, 6.07) is 8.75. The van der Waals surface area contributed by atoms with E-state index in [2.05, 4.69) is 63.9 Å². The molecule has 2 rings (SSSR count). The summed E-state index contributed by atoms with van der Waals surface area (Å²) in [5, 5.41) is 0. The lowest BCUT2D eigenvalue weighted by Gasteiger charge is -2.18. The lowest BCUT2D eigenvalue weighted by atomic mass is 9.88. The second kappa shape index (κ2) is 7.38. The smallest absolute Gasteiger partial charge is 0.00504 e. The Morgan fingerprint density at radius 2 is 1.28 bits per heavy atom. The van der Waals surface area contributed by atoms with E-state index in [1.54, 1.807) is 11.1 Å². The quantitative estimate of drug-likeness (QED) is 0.710. The molecule has 1 heteroatoms. The average molecular weight is 245 g/mol. The van der Waals surface area contributed by atoms with Crippen LogP contribution in [0.4, 0.5) is 0 Å². The maximum atomic E-state index is 2.25. The minimum Gasteiger partial charge on any atom is -0.307 e. The van der Waals surface area contributed by atoms with Crippen LogP contribution in [0.1, 0.15) is 38.8 Å². The molecule has 100 valence electrons. The number of nitrogens with zero attached hydrogens (tertiary/aromatic N) is 1. The number of rotatable bonds is 2. The zero-order valence-corrected chi connectivity index (χ0v) is 12.6. The van der Waals surface area contributed by atoms with E-state index in [1.807, 2.05) is 0 Å². The zero-order valence-electron chi connectivity index (χ0n) is 12.6. The first-order chi connectivity index (χ1) is 8.58. The summed E-state index contributed by atoms with van der Waals surface area (Å²) in [6.45, 7) is 11.1. The van der Waals surface area contributed by atoms with Gasteiger partial charge in [-0.3, -0.25) is 0 Å². The highest BCUT2D eigenvalue weighted by Gasteiger charge is 2.10. The van der Waals surface area contributed by atoms with Crippen molar-refractivity contribution in [2.24, 2.45) is 0 Å². The molecule has 0 fully saturated rings. The molecule has 0 aromatic heterocycles. The molecule has 0 saturated carbocycles. The van der Waals surface area contributed by atoms with Crippen molar-refractivity contribution in [1.29, 1.82) is 0 Å². The molecule has 0 amide bonds. The monoisotopic (exact) mass is 245 g/mol. The lowest BCUT2D eigenvalue weighted by molar-refractivity contribution is 0.373. The summed E-state index contributed by atoms with van der Waals surface area (Å²) in [5.74, 6) is 0. The second-order valence-corrected chi connectivity index (χ2v) is 5.17. The molecule has 0 N–H and O–H groups in total. The third-order valence-electron chi connectivity index (χ3n) is 3.84. The van der Waals surface area contributed by atoms with E-state index in [0.29, 0.717) is 0 Å². The number of hydrogen-bond acceptors (Lipinski definition) is 1. The normalized spacial score (nSPS) is 14.1. The predicted octanol–water partition coefficient (Wildman–Crippen LogP) is 4.08. The molecule has 0 saturated heterocycles. The van der Waals surface area contributed by atoms with Crippen molar-refractivity contribution in [3.63, 3.8) is 0 Å². The lowest BCUT2D eigenvalue weighted by Crippen LogP contribution is -2.15. The van der Waals surface area contributed by atoms with Crippen LogP contribution in [0.15, 0.2) is 35.4 Å². The molecule has 0 unspecified atom stereocenters. The van der Waals surface area contributed by atoms with Crippen LogP contribution in [0.2, 0.25) is 0 Å². The first kappa shape index (κ1) is 15.0. The maximum absolute atomic E-state index is 2.25. The van der Waals surface area contributed by atoms with E-state index in [-0.39, 0.29) is 0 Å². The summed E-state index contributed by atoms with van der Waals surface area (Å²) >= 11 is 0. The Balaban J connectivity index is 0.000000232. The molecule has 0 heterocycles. The fourth-order valence-electron chi connectivity index (χ4n) is 2.00. The zero-order chi connectivity index (χ0) is 13.5. The van der Waals surface area contributed by atoms with Gasteiger partial charge in [0.05, 0.1) is 0 Å². The first-order valence-corrected chi connectivity index (χ1v) is 6.99. The van der Waals surface area contributed by atoms with Crippen molar-refractivity contribution in [2.45, 2.75) is 40.5 Å². The van der Waals surface area contributed by atoms with Gasteiger partial charge in [0.1, 0.15) is 0 Å². The van der Waals surface area contributed by atoms with Gasteiger partial charge in [-0.05, 0) is 58.0 Å². The van der Waals surface area contributed by atoms with Crippen LogP contribution in [0.3, 0.4) is 0 Å². The van der Waals surface area contributed by atoms with Crippen LogP contribution in [-0.2, 0) is 12.8 Å². The fourth-order valence-corrected chi connectivity index (χ4v) is 2.00. The molecular formula is C17H27N. The van der Waals surface area contributed by atoms with E-state index in [0.717, 1.165) is 25.9 Å². The minimum absolute atomic E-state index is 1.15. The van der Waals surface area contributed by atoms with Gasteiger partial charge in [-0.25, -0.2) is 0 Å². The standard InChI is InChI=1S/C12H14.C5H13N/c1-9-7-11-5-3-4-6-12(11)8-10(9)2;1-4-6(3)5-2/h3-6H,7-8H2,1-2H3;4-5H2,1-3H3. The molecule has 1 aromatic carbocycles. The Hall–Kier alpha value is -1.08. The van der Waals surface area contributed by atoms with Gasteiger partial charge >= 0.3 is 0 Å². The van der Waals surface area contributed by atoms with Crippen LogP contribution in [0.5, 0.6) is 0 Å². The van der Waals surface area contributed by atoms with Crippen LogP contribution >= 0.6 is 0 Å². The van der Waals surface area contributed by atoms with E-state index in [9.17, 15) is 0 Å². The molecular weight excluding hydrogens is 218 g/mol. The molecule has 0 aliphatic heterocycles. The molecule has 0 radical (unpaired) electrons. The van der Waals surface area contributed by atoms with E-state index in [1.165, 1.54) is 11.1 Å². The minimum atomic E-state index is 1.15. The van der Waals surface area contributed by atoms with Gasteiger partial charge in [0, 0.05) is 0 Å². The Kier molecular flexibility index (Phi) is 6.14. The van der Waals surface area contributed by atoms with Crippen molar-refractivity contribution in [2.75, 3.05) is 20.1 Å². The van der Waals surface area contributed by atoms with Gasteiger partial charge in [0.2, 0.25) is 0 Å². The van der Waals surface area contributed by atoms with E-state index < -0.39 is 0 Å². The second-order valence-electron chi connectivity index (χ2n) is 5.17. The van der Waals surface area contributed by atoms with Crippen molar-refractivity contribution >= 4 is 0 Å². The SMILES string of the molecule is CC1=C(C)Cc2ccccc2C1.CCN(C)CC. The maximum Gasteiger partial charge on any atom is -0.00504 e. The predicted molar refractivity (Wildman–Crippen MR) is 81.1 cm³/mol. The van der Waals surface area contributed by atoms with Crippen molar-refractivity contribution in [3.8, 4) is 0 Å². The molecule has 1 aliphatic rings. The summed E-state index contributed by atoms with van der Waals surface area (Å²) < 4.78 is 0. The highest BCUT2D eigenvalue weighted by molar-refractivity contribution is 5.39. The number of fused-ring (bicyclic) bond motifs is 1. The highest BCUT2D eigenvalue weighted by Crippen LogP contribution is 2.24. The van der Waals surface area contributed by atoms with Crippen LogP contribution < -0.4 is 0 Å². The van der Waals surface area contributed by atoms with E-state index >= 15 is 0 Å². The summed E-state index contributed by atoms with van der Waals surface area (Å²) in [4.78, 5) is 2.25. The third-order valence-corrected chi connectivity index (χ3v) is 3.84. The van der Waals surface area contributed by atoms with Crippen molar-refractivity contribution in [1.82, 2.24) is 4.90 Å². The highest BCUT2D eigenvalue weighted by atomic mass is 15.1. The van der Waals surface area contributed by atoms with Crippen molar-refractivity contribution in [3.05, 3.63) is 46.5 Å². The van der Waals surface area contributed by atoms with Crippen LogP contribution in [-0.4, -0.2) is 25.0 Å². The van der Waals surface area contributed by atoms with Gasteiger partial charge in [-0.1, -0.05) is 49.3 Å². The molecule has 1 nitrogen and oxygen atoms in total. The van der Waals surface area contributed by atoms with Gasteiger partial charge in [0.15, 0.2) is 0 Å². The van der Waals surface area contributed by atoms with Gasteiger partial charge in [0.25, 0.3) is 0 Å². The molecule has 0 bridgehead atoms. The summed E-state index contributed by atoms with van der Waals surface area (Å²) in [6.07, 6.45) is 2.31. The Morgan fingerprint density at radius 1 is 0.889 bits per heavy atom. The van der Waals surface area contributed by atoms with Gasteiger partial charge < -0.3 is 4.90 Å². The third kappa shape index (κ3) is 4.30. The molecule has 1 aromatic rings. The molecule has 0 atom stereocenters. The first-order valence-electron chi connectivity index (χ1n) is 6.99.